The fourth-order valence-corrected chi connectivity index (χ4v) is 1.76. The Hall–Kier alpha value is -2.54. The Kier molecular flexibility index (Phi) is 4.35. The maximum Gasteiger partial charge on any atom is 0.128 e. The smallest absolute Gasteiger partial charge is 0.128 e. The van der Waals surface area contributed by atoms with E-state index in [9.17, 15) is 0 Å². The minimum atomic E-state index is 0.651. The Morgan fingerprint density at radius 2 is 1.84 bits per heavy atom. The van der Waals surface area contributed by atoms with Crippen LogP contribution in [0.1, 0.15) is 18.1 Å². The molecular formula is C15H16N4. The Bertz CT molecular complexity index is 587. The van der Waals surface area contributed by atoms with Gasteiger partial charge < -0.3 is 10.6 Å². The minimum Gasteiger partial charge on any atom is -0.370 e. The molecule has 0 bridgehead atoms. The molecule has 0 unspecified atom stereocenters. The number of benzene rings is 1. The lowest BCUT2D eigenvalue weighted by molar-refractivity contribution is 1.09. The van der Waals surface area contributed by atoms with Crippen molar-refractivity contribution in [1.82, 2.24) is 4.98 Å². The van der Waals surface area contributed by atoms with Crippen LogP contribution in [-0.4, -0.2) is 11.5 Å². The van der Waals surface area contributed by atoms with E-state index in [1.807, 2.05) is 43.3 Å². The molecule has 1 aromatic heterocycles. The van der Waals surface area contributed by atoms with Gasteiger partial charge in [0, 0.05) is 13.1 Å². The SMILES string of the molecule is CCNc1cccc(NCc2cccc(C#N)c2)n1. The molecule has 4 heteroatoms. The van der Waals surface area contributed by atoms with Crippen molar-refractivity contribution in [3.8, 4) is 6.07 Å². The minimum absolute atomic E-state index is 0.651. The van der Waals surface area contributed by atoms with Crippen molar-refractivity contribution in [3.63, 3.8) is 0 Å². The van der Waals surface area contributed by atoms with Crippen LogP contribution in [0.15, 0.2) is 42.5 Å². The van der Waals surface area contributed by atoms with Crippen LogP contribution in [0.3, 0.4) is 0 Å². The predicted molar refractivity (Wildman–Crippen MR) is 76.9 cm³/mol. The fourth-order valence-electron chi connectivity index (χ4n) is 1.76. The third-order valence-corrected chi connectivity index (χ3v) is 2.64. The first-order valence-corrected chi connectivity index (χ1v) is 6.25. The largest absolute Gasteiger partial charge is 0.370 e. The van der Waals surface area contributed by atoms with E-state index in [4.69, 9.17) is 5.26 Å². The quantitative estimate of drug-likeness (QED) is 0.858. The van der Waals surface area contributed by atoms with E-state index >= 15 is 0 Å². The number of aromatic nitrogens is 1. The van der Waals surface area contributed by atoms with Gasteiger partial charge in [-0.25, -0.2) is 4.98 Å². The Morgan fingerprint density at radius 3 is 2.58 bits per heavy atom. The van der Waals surface area contributed by atoms with Gasteiger partial charge in [0.05, 0.1) is 11.6 Å². The zero-order valence-corrected chi connectivity index (χ0v) is 10.9. The normalized spacial score (nSPS) is 9.68. The van der Waals surface area contributed by atoms with E-state index in [2.05, 4.69) is 21.7 Å². The highest BCUT2D eigenvalue weighted by Gasteiger charge is 1.98. The lowest BCUT2D eigenvalue weighted by Crippen LogP contribution is -2.04. The van der Waals surface area contributed by atoms with Crippen LogP contribution in [0.25, 0.3) is 0 Å². The van der Waals surface area contributed by atoms with Gasteiger partial charge in [0.2, 0.25) is 0 Å². The van der Waals surface area contributed by atoms with Gasteiger partial charge in [-0.3, -0.25) is 0 Å². The van der Waals surface area contributed by atoms with Gasteiger partial charge in [-0.15, -0.1) is 0 Å². The van der Waals surface area contributed by atoms with Crippen LogP contribution in [-0.2, 0) is 6.54 Å². The maximum absolute atomic E-state index is 8.85. The summed E-state index contributed by atoms with van der Waals surface area (Å²) in [5.41, 5.74) is 1.74. The van der Waals surface area contributed by atoms with Gasteiger partial charge in [-0.2, -0.15) is 5.26 Å². The summed E-state index contributed by atoms with van der Waals surface area (Å²) >= 11 is 0. The molecule has 2 N–H and O–H groups in total. The topological polar surface area (TPSA) is 60.7 Å². The first-order valence-electron chi connectivity index (χ1n) is 6.25. The van der Waals surface area contributed by atoms with E-state index in [-0.39, 0.29) is 0 Å². The molecule has 96 valence electrons. The summed E-state index contributed by atoms with van der Waals surface area (Å²) in [6.07, 6.45) is 0. The predicted octanol–water partition coefficient (Wildman–Crippen LogP) is 3.00. The number of hydrogen-bond acceptors (Lipinski definition) is 4. The summed E-state index contributed by atoms with van der Waals surface area (Å²) in [5.74, 6) is 1.68. The number of nitrogens with one attached hydrogen (secondary N) is 2. The zero-order valence-electron chi connectivity index (χ0n) is 10.9. The summed E-state index contributed by atoms with van der Waals surface area (Å²) in [6, 6.07) is 15.5. The molecule has 0 aliphatic carbocycles. The molecule has 0 atom stereocenters. The molecule has 2 aromatic rings. The Balaban J connectivity index is 2.01. The highest BCUT2D eigenvalue weighted by atomic mass is 15.1. The standard InChI is InChI=1S/C15H16N4/c1-2-17-14-7-4-8-15(19-14)18-11-13-6-3-5-12(9-13)10-16/h3-9H,2,11H2,1H3,(H2,17,18,19). The molecule has 1 heterocycles. The van der Waals surface area contributed by atoms with Gasteiger partial charge in [-0.05, 0) is 36.8 Å². The van der Waals surface area contributed by atoms with Crippen molar-refractivity contribution in [1.29, 1.82) is 5.26 Å². The summed E-state index contributed by atoms with van der Waals surface area (Å²) < 4.78 is 0. The summed E-state index contributed by atoms with van der Waals surface area (Å²) in [4.78, 5) is 4.43. The molecule has 0 aliphatic rings. The summed E-state index contributed by atoms with van der Waals surface area (Å²) in [7, 11) is 0. The third kappa shape index (κ3) is 3.71. The fraction of sp³-hybridized carbons (Fsp3) is 0.200. The van der Waals surface area contributed by atoms with Crippen LogP contribution >= 0.6 is 0 Å². The molecule has 0 amide bonds. The van der Waals surface area contributed by atoms with Crippen LogP contribution in [0.4, 0.5) is 11.6 Å². The second kappa shape index (κ2) is 6.41. The summed E-state index contributed by atoms with van der Waals surface area (Å²) in [6.45, 7) is 3.54. The Labute approximate surface area is 113 Å². The number of pyridine rings is 1. The highest BCUT2D eigenvalue weighted by Crippen LogP contribution is 2.11. The third-order valence-electron chi connectivity index (χ3n) is 2.64. The number of anilines is 2. The van der Waals surface area contributed by atoms with Gasteiger partial charge in [0.15, 0.2) is 0 Å². The molecule has 1 aromatic carbocycles. The van der Waals surface area contributed by atoms with E-state index in [1.165, 1.54) is 0 Å². The Morgan fingerprint density at radius 1 is 1.11 bits per heavy atom. The molecular weight excluding hydrogens is 236 g/mol. The lowest BCUT2D eigenvalue weighted by Gasteiger charge is -2.08. The van der Waals surface area contributed by atoms with Gasteiger partial charge in [0.1, 0.15) is 11.6 Å². The summed E-state index contributed by atoms with van der Waals surface area (Å²) in [5, 5.41) is 15.3. The van der Waals surface area contributed by atoms with Crippen molar-refractivity contribution < 1.29 is 0 Å². The van der Waals surface area contributed by atoms with Crippen molar-refractivity contribution in [2.45, 2.75) is 13.5 Å². The van der Waals surface area contributed by atoms with Crippen LogP contribution in [0.5, 0.6) is 0 Å². The van der Waals surface area contributed by atoms with Crippen molar-refractivity contribution in [2.75, 3.05) is 17.2 Å². The number of nitrogens with zero attached hydrogens (tertiary/aromatic N) is 2. The molecule has 2 rings (SSSR count). The second-order valence-corrected chi connectivity index (χ2v) is 4.10. The van der Waals surface area contributed by atoms with Gasteiger partial charge >= 0.3 is 0 Å². The van der Waals surface area contributed by atoms with E-state index < -0.39 is 0 Å². The van der Waals surface area contributed by atoms with Crippen molar-refractivity contribution >= 4 is 11.6 Å². The van der Waals surface area contributed by atoms with E-state index in [1.54, 1.807) is 6.07 Å². The van der Waals surface area contributed by atoms with Gasteiger partial charge in [0.25, 0.3) is 0 Å². The molecule has 19 heavy (non-hydrogen) atoms. The van der Waals surface area contributed by atoms with Crippen LogP contribution in [0, 0.1) is 11.3 Å². The molecule has 0 spiro atoms. The number of hydrogen-bond donors (Lipinski definition) is 2. The molecule has 0 radical (unpaired) electrons. The van der Waals surface area contributed by atoms with Gasteiger partial charge in [-0.1, -0.05) is 18.2 Å². The van der Waals surface area contributed by atoms with E-state index in [0.29, 0.717) is 12.1 Å². The monoisotopic (exact) mass is 252 g/mol. The number of nitriles is 1. The van der Waals surface area contributed by atoms with Crippen LogP contribution in [0.2, 0.25) is 0 Å². The molecule has 0 saturated carbocycles. The van der Waals surface area contributed by atoms with Crippen molar-refractivity contribution in [3.05, 3.63) is 53.6 Å². The highest BCUT2D eigenvalue weighted by molar-refractivity contribution is 5.45. The first-order chi connectivity index (χ1) is 9.31. The second-order valence-electron chi connectivity index (χ2n) is 4.10. The number of rotatable bonds is 5. The van der Waals surface area contributed by atoms with E-state index in [0.717, 1.165) is 23.7 Å². The average molecular weight is 252 g/mol. The maximum atomic E-state index is 8.85. The average Bonchev–Trinajstić information content (AvgIpc) is 2.46. The first kappa shape index (κ1) is 12.9. The molecule has 0 saturated heterocycles. The van der Waals surface area contributed by atoms with Crippen molar-refractivity contribution in [2.24, 2.45) is 0 Å². The molecule has 4 nitrogen and oxygen atoms in total. The zero-order chi connectivity index (χ0) is 13.5. The van der Waals surface area contributed by atoms with Crippen LogP contribution < -0.4 is 10.6 Å². The lowest BCUT2D eigenvalue weighted by atomic mass is 10.1. The molecule has 0 aliphatic heterocycles. The molecule has 0 fully saturated rings.